The van der Waals surface area contributed by atoms with Gasteiger partial charge in [-0.3, -0.25) is 9.59 Å². The summed E-state index contributed by atoms with van der Waals surface area (Å²) < 4.78 is 0. The van der Waals surface area contributed by atoms with Crippen LogP contribution in [0.25, 0.3) is 0 Å². The zero-order chi connectivity index (χ0) is 13.3. The molecule has 0 aromatic carbocycles. The van der Waals surface area contributed by atoms with Crippen molar-refractivity contribution in [1.29, 1.82) is 0 Å². The quantitative estimate of drug-likeness (QED) is 0.788. The van der Waals surface area contributed by atoms with Gasteiger partial charge in [0.05, 0.1) is 16.9 Å². The monoisotopic (exact) mass is 304 g/mol. The van der Waals surface area contributed by atoms with Crippen LogP contribution in [0, 0.1) is 0 Å². The number of rotatable bonds is 2. The second-order valence-electron chi connectivity index (χ2n) is 3.91. The number of amides is 1. The van der Waals surface area contributed by atoms with Crippen molar-refractivity contribution >= 4 is 51.7 Å². The summed E-state index contributed by atoms with van der Waals surface area (Å²) in [5.41, 5.74) is 0.612. The van der Waals surface area contributed by atoms with Crippen LogP contribution in [0.2, 0.25) is 10.2 Å². The molecule has 1 aromatic rings. The van der Waals surface area contributed by atoms with E-state index in [1.165, 1.54) is 24.9 Å². The van der Waals surface area contributed by atoms with Crippen molar-refractivity contribution in [3.8, 4) is 0 Å². The van der Waals surface area contributed by atoms with E-state index in [1.807, 2.05) is 0 Å². The van der Waals surface area contributed by atoms with Gasteiger partial charge in [-0.1, -0.05) is 35.0 Å². The summed E-state index contributed by atoms with van der Waals surface area (Å²) in [6.07, 6.45) is 1.86. The summed E-state index contributed by atoms with van der Waals surface area (Å²) in [5, 5.41) is 0.526. The molecule has 1 saturated heterocycles. The van der Waals surface area contributed by atoms with E-state index in [2.05, 4.69) is 4.98 Å². The van der Waals surface area contributed by atoms with Crippen molar-refractivity contribution in [2.45, 2.75) is 18.6 Å². The standard InChI is InChI=1S/C11H10Cl2N2O2S/c1-6(16)18-8-3-10(17)15(5-8)7-2-9(12)11(13)14-4-7/h2,4,8H,3,5H2,1H3. The van der Waals surface area contributed by atoms with E-state index in [-0.39, 0.29) is 21.4 Å². The molecule has 1 unspecified atom stereocenters. The minimum absolute atomic E-state index is 0.00977. The van der Waals surface area contributed by atoms with Crippen LogP contribution in [-0.4, -0.2) is 27.8 Å². The molecule has 1 fully saturated rings. The lowest BCUT2D eigenvalue weighted by atomic mass is 10.4. The van der Waals surface area contributed by atoms with Gasteiger partial charge in [0, 0.05) is 25.1 Å². The number of halogens is 2. The molecule has 18 heavy (non-hydrogen) atoms. The summed E-state index contributed by atoms with van der Waals surface area (Å²) in [5.74, 6) is -0.0334. The molecule has 2 heterocycles. The highest BCUT2D eigenvalue weighted by atomic mass is 35.5. The van der Waals surface area contributed by atoms with Gasteiger partial charge >= 0.3 is 0 Å². The fourth-order valence-electron chi connectivity index (χ4n) is 1.80. The molecule has 4 nitrogen and oxygen atoms in total. The van der Waals surface area contributed by atoms with Gasteiger partial charge in [-0.05, 0) is 6.07 Å². The number of thioether (sulfide) groups is 1. The summed E-state index contributed by atoms with van der Waals surface area (Å²) in [6.45, 7) is 1.99. The minimum atomic E-state index is -0.0334. The molecule has 1 aliphatic rings. The lowest BCUT2D eigenvalue weighted by Gasteiger charge is -2.16. The van der Waals surface area contributed by atoms with Gasteiger partial charge in [0.1, 0.15) is 5.15 Å². The molecule has 1 amide bonds. The molecular weight excluding hydrogens is 295 g/mol. The van der Waals surface area contributed by atoms with Crippen LogP contribution in [0.15, 0.2) is 12.3 Å². The normalized spacial score (nSPS) is 19.4. The molecule has 0 aliphatic carbocycles. The Morgan fingerprint density at radius 2 is 2.28 bits per heavy atom. The van der Waals surface area contributed by atoms with E-state index in [0.29, 0.717) is 23.7 Å². The van der Waals surface area contributed by atoms with Crippen LogP contribution in [0.3, 0.4) is 0 Å². The van der Waals surface area contributed by atoms with Crippen molar-refractivity contribution < 1.29 is 9.59 Å². The molecule has 1 aliphatic heterocycles. The Hall–Kier alpha value is -0.780. The first-order valence-electron chi connectivity index (χ1n) is 5.26. The third kappa shape index (κ3) is 2.96. The third-order valence-electron chi connectivity index (χ3n) is 2.52. The van der Waals surface area contributed by atoms with E-state index in [9.17, 15) is 9.59 Å². The fraction of sp³-hybridized carbons (Fsp3) is 0.364. The van der Waals surface area contributed by atoms with Gasteiger partial charge in [0.2, 0.25) is 5.91 Å². The van der Waals surface area contributed by atoms with Crippen LogP contribution in [0.1, 0.15) is 13.3 Å². The van der Waals surface area contributed by atoms with E-state index in [1.54, 1.807) is 11.0 Å². The van der Waals surface area contributed by atoms with Crippen LogP contribution in [0.4, 0.5) is 5.69 Å². The predicted molar refractivity (Wildman–Crippen MR) is 73.3 cm³/mol. The molecule has 7 heteroatoms. The second-order valence-corrected chi connectivity index (χ2v) is 6.15. The fourth-order valence-corrected chi connectivity index (χ4v) is 2.98. The highest BCUT2D eigenvalue weighted by molar-refractivity contribution is 8.14. The molecule has 0 saturated carbocycles. The number of hydrogen-bond acceptors (Lipinski definition) is 4. The van der Waals surface area contributed by atoms with Crippen molar-refractivity contribution in [2.75, 3.05) is 11.4 Å². The summed E-state index contributed by atoms with van der Waals surface area (Å²) in [6, 6.07) is 1.61. The Labute approximate surface area is 119 Å². The first-order chi connectivity index (χ1) is 8.47. The summed E-state index contributed by atoms with van der Waals surface area (Å²) >= 11 is 12.8. The number of nitrogens with zero attached hydrogens (tertiary/aromatic N) is 2. The Morgan fingerprint density at radius 1 is 1.56 bits per heavy atom. The van der Waals surface area contributed by atoms with Gasteiger partial charge in [0.25, 0.3) is 0 Å². The first kappa shape index (κ1) is 13.6. The second kappa shape index (κ2) is 5.47. The molecule has 96 valence electrons. The number of carbonyl (C=O) groups excluding carboxylic acids is 2. The largest absolute Gasteiger partial charge is 0.310 e. The Morgan fingerprint density at radius 3 is 2.89 bits per heavy atom. The van der Waals surface area contributed by atoms with Gasteiger partial charge in [-0.25, -0.2) is 4.98 Å². The van der Waals surface area contributed by atoms with Gasteiger partial charge in [-0.15, -0.1) is 0 Å². The molecular formula is C11H10Cl2N2O2S. The smallest absolute Gasteiger partial charge is 0.228 e. The van der Waals surface area contributed by atoms with Crippen molar-refractivity contribution in [3.05, 3.63) is 22.4 Å². The molecule has 0 radical (unpaired) electrons. The zero-order valence-corrected chi connectivity index (χ0v) is 11.8. The summed E-state index contributed by atoms with van der Waals surface area (Å²) in [4.78, 5) is 28.4. The molecule has 0 spiro atoms. The molecule has 0 bridgehead atoms. The van der Waals surface area contributed by atoms with Crippen LogP contribution < -0.4 is 4.90 Å². The SMILES string of the molecule is CC(=O)SC1CC(=O)N(c2cnc(Cl)c(Cl)c2)C1. The number of hydrogen-bond donors (Lipinski definition) is 0. The minimum Gasteiger partial charge on any atom is -0.310 e. The molecule has 2 rings (SSSR count). The Balaban J connectivity index is 2.16. The van der Waals surface area contributed by atoms with E-state index in [4.69, 9.17) is 23.2 Å². The van der Waals surface area contributed by atoms with E-state index in [0.717, 1.165) is 0 Å². The summed E-state index contributed by atoms with van der Waals surface area (Å²) in [7, 11) is 0. The number of carbonyl (C=O) groups is 2. The first-order valence-corrected chi connectivity index (χ1v) is 6.89. The molecule has 0 N–H and O–H groups in total. The Kier molecular flexibility index (Phi) is 4.14. The lowest BCUT2D eigenvalue weighted by molar-refractivity contribution is -0.117. The van der Waals surface area contributed by atoms with Gasteiger partial charge in [-0.2, -0.15) is 0 Å². The van der Waals surface area contributed by atoms with Gasteiger partial charge in [0.15, 0.2) is 5.12 Å². The maximum atomic E-state index is 11.9. The van der Waals surface area contributed by atoms with Crippen LogP contribution in [0.5, 0.6) is 0 Å². The van der Waals surface area contributed by atoms with Crippen LogP contribution >= 0.6 is 35.0 Å². The van der Waals surface area contributed by atoms with Crippen LogP contribution in [-0.2, 0) is 9.59 Å². The highest BCUT2D eigenvalue weighted by Gasteiger charge is 2.32. The molecule has 1 atom stereocenters. The maximum Gasteiger partial charge on any atom is 0.228 e. The topological polar surface area (TPSA) is 50.3 Å². The zero-order valence-electron chi connectivity index (χ0n) is 9.52. The number of anilines is 1. The van der Waals surface area contributed by atoms with Gasteiger partial charge < -0.3 is 4.90 Å². The maximum absolute atomic E-state index is 11.9. The highest BCUT2D eigenvalue weighted by Crippen LogP contribution is 2.31. The predicted octanol–water partition coefficient (Wildman–Crippen LogP) is 2.77. The van der Waals surface area contributed by atoms with Crippen molar-refractivity contribution in [2.24, 2.45) is 0 Å². The number of pyridine rings is 1. The number of aromatic nitrogens is 1. The molecule has 1 aromatic heterocycles. The van der Waals surface area contributed by atoms with E-state index >= 15 is 0 Å². The average molecular weight is 305 g/mol. The lowest BCUT2D eigenvalue weighted by Crippen LogP contribution is -2.25. The Bertz CT molecular complexity index is 510. The average Bonchev–Trinajstić information content (AvgIpc) is 2.62. The van der Waals surface area contributed by atoms with Crippen molar-refractivity contribution in [1.82, 2.24) is 4.98 Å². The van der Waals surface area contributed by atoms with E-state index < -0.39 is 0 Å². The van der Waals surface area contributed by atoms with Crippen molar-refractivity contribution in [3.63, 3.8) is 0 Å². The third-order valence-corrected chi connectivity index (χ3v) is 4.18.